The number of nitrogens with zero attached hydrogens (tertiary/aromatic N) is 1. The molecule has 1 saturated heterocycles. The summed E-state index contributed by atoms with van der Waals surface area (Å²) < 4.78 is 5.23. The molecule has 0 bridgehead atoms. The molecule has 2 heterocycles. The number of rotatable bonds is 3. The van der Waals surface area contributed by atoms with Crippen LogP contribution in [0.2, 0.25) is 0 Å². The van der Waals surface area contributed by atoms with E-state index in [9.17, 15) is 5.11 Å². The molecular weight excluding hydrogens is 240 g/mol. The zero-order valence-corrected chi connectivity index (χ0v) is 11.2. The smallest absolute Gasteiger partial charge is 0.0984 e. The average molecular weight is 260 g/mol. The number of nitrogens with one attached hydrogen (secondary N) is 1. The molecule has 3 rings (SSSR count). The Balaban J connectivity index is 1.80. The molecule has 4 nitrogen and oxygen atoms in total. The fourth-order valence-electron chi connectivity index (χ4n) is 2.80. The minimum atomic E-state index is -0.433. The Bertz CT molecular complexity index is 558. The van der Waals surface area contributed by atoms with Crippen molar-refractivity contribution < 1.29 is 9.52 Å². The van der Waals surface area contributed by atoms with Gasteiger partial charge in [0.2, 0.25) is 0 Å². The first-order chi connectivity index (χ1) is 9.25. The zero-order chi connectivity index (χ0) is 13.2. The van der Waals surface area contributed by atoms with Gasteiger partial charge in [0.1, 0.15) is 0 Å². The van der Waals surface area contributed by atoms with Gasteiger partial charge in [-0.25, -0.2) is 0 Å². The summed E-state index contributed by atoms with van der Waals surface area (Å²) in [6.07, 6.45) is 3.07. The normalized spacial score (nSPS) is 18.8. The van der Waals surface area contributed by atoms with Crippen molar-refractivity contribution in [1.29, 1.82) is 0 Å². The van der Waals surface area contributed by atoms with E-state index in [0.29, 0.717) is 6.54 Å². The van der Waals surface area contributed by atoms with Crippen LogP contribution in [0, 0.1) is 6.92 Å². The fourth-order valence-corrected chi connectivity index (χ4v) is 2.80. The number of β-amino-alcohol motifs (C(OH)–C–C–N with tert-alkyl or cyclic N) is 1. The predicted octanol–water partition coefficient (Wildman–Crippen LogP) is 1.68. The van der Waals surface area contributed by atoms with E-state index in [-0.39, 0.29) is 0 Å². The van der Waals surface area contributed by atoms with Crippen LogP contribution in [-0.4, -0.2) is 42.7 Å². The molecule has 1 aromatic carbocycles. The molecule has 0 aliphatic carbocycles. The van der Waals surface area contributed by atoms with Gasteiger partial charge in [-0.15, -0.1) is 0 Å². The second-order valence-corrected chi connectivity index (χ2v) is 5.22. The molecule has 2 aromatic rings. The molecule has 1 aliphatic heterocycles. The van der Waals surface area contributed by atoms with Crippen LogP contribution in [0.4, 0.5) is 0 Å². The topological polar surface area (TPSA) is 48.6 Å². The molecule has 19 heavy (non-hydrogen) atoms. The van der Waals surface area contributed by atoms with Gasteiger partial charge in [-0.1, -0.05) is 12.1 Å². The Labute approximate surface area is 113 Å². The summed E-state index contributed by atoms with van der Waals surface area (Å²) in [4.78, 5) is 2.31. The third-order valence-corrected chi connectivity index (χ3v) is 3.97. The van der Waals surface area contributed by atoms with Gasteiger partial charge in [0.15, 0.2) is 0 Å². The van der Waals surface area contributed by atoms with Crippen molar-refractivity contribution in [3.8, 4) is 0 Å². The predicted molar refractivity (Wildman–Crippen MR) is 75.2 cm³/mol. The first-order valence-electron chi connectivity index (χ1n) is 6.82. The number of aliphatic hydroxyl groups is 1. The highest BCUT2D eigenvalue weighted by molar-refractivity contribution is 5.85. The van der Waals surface area contributed by atoms with Crippen LogP contribution in [0.25, 0.3) is 10.8 Å². The summed E-state index contributed by atoms with van der Waals surface area (Å²) in [6, 6.07) is 4.03. The lowest BCUT2D eigenvalue weighted by atomic mass is 9.99. The Kier molecular flexibility index (Phi) is 3.55. The van der Waals surface area contributed by atoms with E-state index in [1.165, 1.54) is 0 Å². The van der Waals surface area contributed by atoms with Crippen LogP contribution in [0.3, 0.4) is 0 Å². The fraction of sp³-hybridized carbons (Fsp3) is 0.467. The maximum Gasteiger partial charge on any atom is 0.0984 e. The summed E-state index contributed by atoms with van der Waals surface area (Å²) in [5, 5.41) is 16.0. The molecule has 0 saturated carbocycles. The Morgan fingerprint density at radius 1 is 1.32 bits per heavy atom. The molecule has 102 valence electrons. The van der Waals surface area contributed by atoms with E-state index >= 15 is 0 Å². The molecule has 0 amide bonds. The zero-order valence-electron chi connectivity index (χ0n) is 11.2. The molecule has 2 N–H and O–H groups in total. The van der Waals surface area contributed by atoms with Gasteiger partial charge in [-0.2, -0.15) is 0 Å². The maximum absolute atomic E-state index is 10.5. The summed E-state index contributed by atoms with van der Waals surface area (Å²) in [7, 11) is 0. The minimum absolute atomic E-state index is 0.433. The van der Waals surface area contributed by atoms with Gasteiger partial charge >= 0.3 is 0 Å². The highest BCUT2D eigenvalue weighted by Gasteiger charge is 2.18. The molecule has 1 aliphatic rings. The monoisotopic (exact) mass is 260 g/mol. The third-order valence-electron chi connectivity index (χ3n) is 3.97. The van der Waals surface area contributed by atoms with Crippen molar-refractivity contribution in [2.75, 3.05) is 32.7 Å². The summed E-state index contributed by atoms with van der Waals surface area (Å²) in [5.74, 6) is 0. The summed E-state index contributed by atoms with van der Waals surface area (Å²) >= 11 is 0. The Morgan fingerprint density at radius 2 is 2.11 bits per heavy atom. The second-order valence-electron chi connectivity index (χ2n) is 5.22. The minimum Gasteiger partial charge on any atom is -0.471 e. The van der Waals surface area contributed by atoms with E-state index in [1.807, 2.05) is 19.1 Å². The van der Waals surface area contributed by atoms with Crippen LogP contribution < -0.4 is 5.32 Å². The molecule has 0 radical (unpaired) electrons. The third kappa shape index (κ3) is 2.52. The van der Waals surface area contributed by atoms with Crippen molar-refractivity contribution in [2.24, 2.45) is 0 Å². The van der Waals surface area contributed by atoms with Crippen LogP contribution in [0.5, 0.6) is 0 Å². The largest absolute Gasteiger partial charge is 0.471 e. The molecule has 1 unspecified atom stereocenters. The number of piperazine rings is 1. The number of hydrogen-bond acceptors (Lipinski definition) is 4. The van der Waals surface area contributed by atoms with Crippen molar-refractivity contribution in [2.45, 2.75) is 13.0 Å². The van der Waals surface area contributed by atoms with Crippen LogP contribution in [-0.2, 0) is 0 Å². The second kappa shape index (κ2) is 5.33. The molecule has 1 fully saturated rings. The van der Waals surface area contributed by atoms with Crippen molar-refractivity contribution >= 4 is 10.8 Å². The van der Waals surface area contributed by atoms with Gasteiger partial charge in [0, 0.05) is 43.5 Å². The average Bonchev–Trinajstić information content (AvgIpc) is 2.89. The van der Waals surface area contributed by atoms with E-state index in [4.69, 9.17) is 4.42 Å². The molecule has 4 heteroatoms. The van der Waals surface area contributed by atoms with E-state index in [1.54, 1.807) is 12.5 Å². The highest BCUT2D eigenvalue weighted by Crippen LogP contribution is 2.27. The van der Waals surface area contributed by atoms with Crippen LogP contribution >= 0.6 is 0 Å². The van der Waals surface area contributed by atoms with Crippen molar-refractivity contribution in [1.82, 2.24) is 10.2 Å². The van der Waals surface area contributed by atoms with Crippen LogP contribution in [0.1, 0.15) is 17.2 Å². The maximum atomic E-state index is 10.5. The van der Waals surface area contributed by atoms with Gasteiger partial charge in [-0.3, -0.25) is 4.90 Å². The first-order valence-corrected chi connectivity index (χ1v) is 6.82. The van der Waals surface area contributed by atoms with Crippen molar-refractivity contribution in [3.63, 3.8) is 0 Å². The number of fused-ring (bicyclic) bond motifs is 1. The van der Waals surface area contributed by atoms with Gasteiger partial charge < -0.3 is 14.8 Å². The molecular formula is C15H20N2O2. The Morgan fingerprint density at radius 3 is 2.89 bits per heavy atom. The first kappa shape index (κ1) is 12.7. The SMILES string of the molecule is Cc1c(C(O)CN2CCNCC2)ccc2cocc12. The molecule has 0 spiro atoms. The number of hydrogen-bond donors (Lipinski definition) is 2. The lowest BCUT2D eigenvalue weighted by molar-refractivity contribution is 0.105. The number of aliphatic hydroxyl groups excluding tert-OH is 1. The number of benzene rings is 1. The lowest BCUT2D eigenvalue weighted by Crippen LogP contribution is -2.45. The van der Waals surface area contributed by atoms with Crippen LogP contribution in [0.15, 0.2) is 29.1 Å². The van der Waals surface area contributed by atoms with Crippen molar-refractivity contribution in [3.05, 3.63) is 35.8 Å². The van der Waals surface area contributed by atoms with Gasteiger partial charge in [0.25, 0.3) is 0 Å². The Hall–Kier alpha value is -1.36. The van der Waals surface area contributed by atoms with Gasteiger partial charge in [-0.05, 0) is 18.1 Å². The van der Waals surface area contributed by atoms with E-state index < -0.39 is 6.10 Å². The quantitative estimate of drug-likeness (QED) is 0.881. The van der Waals surface area contributed by atoms with Gasteiger partial charge in [0.05, 0.1) is 18.6 Å². The summed E-state index contributed by atoms with van der Waals surface area (Å²) in [5.41, 5.74) is 2.13. The summed E-state index contributed by atoms with van der Waals surface area (Å²) in [6.45, 7) is 6.77. The highest BCUT2D eigenvalue weighted by atomic mass is 16.3. The standard InChI is InChI=1S/C15H20N2O2/c1-11-13(3-2-12-9-19-10-14(11)12)15(18)8-17-6-4-16-5-7-17/h2-3,9-10,15-16,18H,4-8H2,1H3. The van der Waals surface area contributed by atoms with E-state index in [0.717, 1.165) is 48.1 Å². The number of aryl methyl sites for hydroxylation is 1. The number of furan rings is 1. The molecule has 1 aromatic heterocycles. The van der Waals surface area contributed by atoms with E-state index in [2.05, 4.69) is 10.2 Å². The molecule has 1 atom stereocenters. The lowest BCUT2D eigenvalue weighted by Gasteiger charge is -2.29.